The van der Waals surface area contributed by atoms with Crippen LogP contribution >= 0.6 is 11.8 Å². The SMILES string of the molecule is COc1cccc(OC(C)c2nnc(SCC(=O)Nc3ccc(C(=O)O)cc3)n2C)c1. The highest BCUT2D eigenvalue weighted by Gasteiger charge is 2.18. The van der Waals surface area contributed by atoms with Crippen molar-refractivity contribution in [2.45, 2.75) is 18.2 Å². The highest BCUT2D eigenvalue weighted by Crippen LogP contribution is 2.26. The van der Waals surface area contributed by atoms with Crippen LogP contribution in [-0.2, 0) is 11.8 Å². The molecule has 1 unspecified atom stereocenters. The lowest BCUT2D eigenvalue weighted by Crippen LogP contribution is -2.15. The van der Waals surface area contributed by atoms with E-state index in [4.69, 9.17) is 14.6 Å². The molecule has 2 N–H and O–H groups in total. The summed E-state index contributed by atoms with van der Waals surface area (Å²) in [4.78, 5) is 23.1. The zero-order valence-corrected chi connectivity index (χ0v) is 18.0. The molecule has 162 valence electrons. The van der Waals surface area contributed by atoms with Gasteiger partial charge in [0.2, 0.25) is 5.91 Å². The molecule has 0 saturated heterocycles. The fourth-order valence-electron chi connectivity index (χ4n) is 2.76. The summed E-state index contributed by atoms with van der Waals surface area (Å²) in [5.74, 6) is 0.835. The van der Waals surface area contributed by atoms with E-state index in [0.29, 0.717) is 28.2 Å². The van der Waals surface area contributed by atoms with Crippen LogP contribution in [0.3, 0.4) is 0 Å². The standard InChI is InChI=1S/C21H22N4O5S/c1-13(30-17-6-4-5-16(11-17)29-3)19-23-24-21(25(19)2)31-12-18(26)22-15-9-7-14(8-10-15)20(27)28/h4-11,13H,12H2,1-3H3,(H,22,26)(H,27,28). The van der Waals surface area contributed by atoms with Gasteiger partial charge in [-0.1, -0.05) is 17.8 Å². The minimum absolute atomic E-state index is 0.123. The van der Waals surface area contributed by atoms with E-state index >= 15 is 0 Å². The minimum atomic E-state index is -1.02. The van der Waals surface area contributed by atoms with Crippen molar-refractivity contribution in [3.8, 4) is 11.5 Å². The predicted octanol–water partition coefficient (Wildman–Crippen LogP) is 3.39. The Balaban J connectivity index is 1.56. The van der Waals surface area contributed by atoms with Crippen LogP contribution in [0.1, 0.15) is 29.2 Å². The molecule has 1 atom stereocenters. The fraction of sp³-hybridized carbons (Fsp3) is 0.238. The molecule has 0 aliphatic rings. The Hall–Kier alpha value is -3.53. The van der Waals surface area contributed by atoms with Crippen LogP contribution in [0.15, 0.2) is 53.7 Å². The van der Waals surface area contributed by atoms with Gasteiger partial charge in [0.25, 0.3) is 0 Å². The Morgan fingerprint density at radius 1 is 1.16 bits per heavy atom. The Morgan fingerprint density at radius 3 is 2.55 bits per heavy atom. The van der Waals surface area contributed by atoms with Crippen molar-refractivity contribution in [3.05, 3.63) is 59.9 Å². The van der Waals surface area contributed by atoms with Gasteiger partial charge in [0.1, 0.15) is 11.5 Å². The summed E-state index contributed by atoms with van der Waals surface area (Å²) in [6.07, 6.45) is -0.361. The summed E-state index contributed by atoms with van der Waals surface area (Å²) in [7, 11) is 3.40. The molecule has 10 heteroatoms. The maximum absolute atomic E-state index is 12.2. The number of hydrogen-bond donors (Lipinski definition) is 2. The molecule has 31 heavy (non-hydrogen) atoms. The number of methoxy groups -OCH3 is 1. The second-order valence-corrected chi connectivity index (χ2v) is 7.50. The van der Waals surface area contributed by atoms with Gasteiger partial charge in [0.05, 0.1) is 18.4 Å². The quantitative estimate of drug-likeness (QED) is 0.485. The molecule has 0 saturated carbocycles. The predicted molar refractivity (Wildman–Crippen MR) is 116 cm³/mol. The number of aromatic carboxylic acids is 1. The van der Waals surface area contributed by atoms with Crippen molar-refractivity contribution in [1.82, 2.24) is 14.8 Å². The molecule has 0 fully saturated rings. The normalized spacial score (nSPS) is 11.6. The van der Waals surface area contributed by atoms with Gasteiger partial charge in [0.15, 0.2) is 17.1 Å². The first-order valence-corrected chi connectivity index (χ1v) is 10.3. The number of rotatable bonds is 9. The molecule has 0 bridgehead atoms. The second kappa shape index (κ2) is 9.98. The van der Waals surface area contributed by atoms with Gasteiger partial charge in [0, 0.05) is 18.8 Å². The number of carboxylic acid groups (broad SMARTS) is 1. The number of benzene rings is 2. The van der Waals surface area contributed by atoms with Gasteiger partial charge in [-0.15, -0.1) is 10.2 Å². The monoisotopic (exact) mass is 442 g/mol. The molecule has 3 aromatic rings. The number of thioether (sulfide) groups is 1. The maximum Gasteiger partial charge on any atom is 0.335 e. The lowest BCUT2D eigenvalue weighted by atomic mass is 10.2. The Bertz CT molecular complexity index is 1070. The second-order valence-electron chi connectivity index (χ2n) is 6.56. The zero-order valence-electron chi connectivity index (χ0n) is 17.2. The van der Waals surface area contributed by atoms with E-state index < -0.39 is 5.97 Å². The van der Waals surface area contributed by atoms with Gasteiger partial charge >= 0.3 is 5.97 Å². The minimum Gasteiger partial charge on any atom is -0.497 e. The van der Waals surface area contributed by atoms with Crippen molar-refractivity contribution in [1.29, 1.82) is 0 Å². The molecule has 0 spiro atoms. The van der Waals surface area contributed by atoms with Gasteiger partial charge in [-0.05, 0) is 43.3 Å². The molecule has 2 aromatic carbocycles. The third kappa shape index (κ3) is 5.76. The van der Waals surface area contributed by atoms with Gasteiger partial charge in [-0.3, -0.25) is 4.79 Å². The maximum atomic E-state index is 12.2. The molecule has 9 nitrogen and oxygen atoms in total. The topological polar surface area (TPSA) is 116 Å². The first-order chi connectivity index (χ1) is 14.9. The van der Waals surface area contributed by atoms with E-state index in [1.807, 2.05) is 32.2 Å². The number of carbonyl (C=O) groups is 2. The van der Waals surface area contributed by atoms with Crippen molar-refractivity contribution in [2.75, 3.05) is 18.2 Å². The van der Waals surface area contributed by atoms with E-state index in [1.165, 1.54) is 23.9 Å². The van der Waals surface area contributed by atoms with Crippen LogP contribution in [0.5, 0.6) is 11.5 Å². The molecule has 0 radical (unpaired) electrons. The van der Waals surface area contributed by atoms with Crippen LogP contribution in [-0.4, -0.2) is 44.6 Å². The number of aromatic nitrogens is 3. The van der Waals surface area contributed by atoms with Crippen molar-refractivity contribution in [3.63, 3.8) is 0 Å². The third-order valence-corrected chi connectivity index (χ3v) is 5.35. The number of amides is 1. The van der Waals surface area contributed by atoms with Gasteiger partial charge in [-0.25, -0.2) is 4.79 Å². The summed E-state index contributed by atoms with van der Waals surface area (Å²) >= 11 is 1.24. The summed E-state index contributed by atoms with van der Waals surface area (Å²) in [6, 6.07) is 13.3. The summed E-state index contributed by atoms with van der Waals surface area (Å²) in [6.45, 7) is 1.87. The lowest BCUT2D eigenvalue weighted by molar-refractivity contribution is -0.113. The average Bonchev–Trinajstić information content (AvgIpc) is 3.13. The van der Waals surface area contributed by atoms with E-state index in [-0.39, 0.29) is 23.3 Å². The van der Waals surface area contributed by atoms with E-state index in [1.54, 1.807) is 29.9 Å². The smallest absolute Gasteiger partial charge is 0.335 e. The van der Waals surface area contributed by atoms with E-state index in [0.717, 1.165) is 0 Å². The summed E-state index contributed by atoms with van der Waals surface area (Å²) in [5.41, 5.74) is 0.679. The Kier molecular flexibility index (Phi) is 7.14. The Morgan fingerprint density at radius 2 is 1.87 bits per heavy atom. The number of nitrogens with zero attached hydrogens (tertiary/aromatic N) is 3. The average molecular weight is 442 g/mol. The highest BCUT2D eigenvalue weighted by atomic mass is 32.2. The van der Waals surface area contributed by atoms with Crippen molar-refractivity contribution < 1.29 is 24.2 Å². The number of hydrogen-bond acceptors (Lipinski definition) is 7. The number of anilines is 1. The molecular formula is C21H22N4O5S. The molecule has 3 rings (SSSR count). The third-order valence-electron chi connectivity index (χ3n) is 4.33. The van der Waals surface area contributed by atoms with Crippen LogP contribution in [0.4, 0.5) is 5.69 Å². The van der Waals surface area contributed by atoms with Crippen molar-refractivity contribution >= 4 is 29.3 Å². The molecule has 1 amide bonds. The van der Waals surface area contributed by atoms with Crippen LogP contribution < -0.4 is 14.8 Å². The Labute approximate surface area is 183 Å². The largest absolute Gasteiger partial charge is 0.497 e. The fourth-order valence-corrected chi connectivity index (χ4v) is 3.48. The highest BCUT2D eigenvalue weighted by molar-refractivity contribution is 7.99. The lowest BCUT2D eigenvalue weighted by Gasteiger charge is -2.14. The molecule has 0 aliphatic heterocycles. The van der Waals surface area contributed by atoms with Crippen LogP contribution in [0.2, 0.25) is 0 Å². The number of carboxylic acids is 1. The number of ether oxygens (including phenoxy) is 2. The van der Waals surface area contributed by atoms with Gasteiger partial charge < -0.3 is 24.5 Å². The number of carbonyl (C=O) groups excluding carboxylic acids is 1. The van der Waals surface area contributed by atoms with Gasteiger partial charge in [-0.2, -0.15) is 0 Å². The zero-order chi connectivity index (χ0) is 22.4. The van der Waals surface area contributed by atoms with Crippen molar-refractivity contribution in [2.24, 2.45) is 7.05 Å². The summed E-state index contributed by atoms with van der Waals surface area (Å²) < 4.78 is 12.9. The molecule has 0 aliphatic carbocycles. The number of nitrogens with one attached hydrogen (secondary N) is 1. The first kappa shape index (κ1) is 22.2. The van der Waals surface area contributed by atoms with E-state index in [2.05, 4.69) is 15.5 Å². The van der Waals surface area contributed by atoms with Crippen LogP contribution in [0.25, 0.3) is 0 Å². The van der Waals surface area contributed by atoms with E-state index in [9.17, 15) is 9.59 Å². The first-order valence-electron chi connectivity index (χ1n) is 9.33. The summed E-state index contributed by atoms with van der Waals surface area (Å²) in [5, 5.41) is 20.6. The molecule has 1 heterocycles. The molecular weight excluding hydrogens is 420 g/mol. The van der Waals surface area contributed by atoms with Crippen LogP contribution in [0, 0.1) is 0 Å². The molecule has 1 aromatic heterocycles.